The molecule has 1 aliphatic rings. The number of rotatable bonds is 5. The predicted octanol–water partition coefficient (Wildman–Crippen LogP) is 4.72. The molecule has 0 aromatic heterocycles. The topological polar surface area (TPSA) is 34.1 Å². The highest BCUT2D eigenvalue weighted by molar-refractivity contribution is 5.97. The first-order chi connectivity index (χ1) is 11.1. The number of ketones is 2. The maximum absolute atomic E-state index is 12.7. The molecule has 2 heteroatoms. The number of benzene rings is 2. The minimum atomic E-state index is -0.00759. The summed E-state index contributed by atoms with van der Waals surface area (Å²) in [6.07, 6.45) is 2.92. The highest BCUT2D eigenvalue weighted by Crippen LogP contribution is 2.38. The van der Waals surface area contributed by atoms with Crippen molar-refractivity contribution in [3.05, 3.63) is 71.3 Å². The summed E-state index contributed by atoms with van der Waals surface area (Å²) in [7, 11) is 0. The van der Waals surface area contributed by atoms with E-state index in [4.69, 9.17) is 0 Å². The monoisotopic (exact) mass is 306 g/mol. The zero-order valence-corrected chi connectivity index (χ0v) is 13.5. The molecule has 1 unspecified atom stereocenters. The van der Waals surface area contributed by atoms with Crippen molar-refractivity contribution in [2.45, 2.75) is 38.5 Å². The summed E-state index contributed by atoms with van der Waals surface area (Å²) in [6.45, 7) is 2.01. The zero-order chi connectivity index (χ0) is 16.2. The van der Waals surface area contributed by atoms with Gasteiger partial charge >= 0.3 is 0 Å². The van der Waals surface area contributed by atoms with E-state index < -0.39 is 0 Å². The van der Waals surface area contributed by atoms with Gasteiger partial charge in [0, 0.05) is 30.2 Å². The molecule has 2 aromatic carbocycles. The van der Waals surface area contributed by atoms with Crippen LogP contribution < -0.4 is 0 Å². The van der Waals surface area contributed by atoms with Crippen molar-refractivity contribution < 1.29 is 9.59 Å². The minimum Gasteiger partial charge on any atom is -0.299 e. The fourth-order valence-electron chi connectivity index (χ4n) is 3.52. The molecule has 118 valence electrons. The van der Waals surface area contributed by atoms with E-state index in [-0.39, 0.29) is 17.6 Å². The van der Waals surface area contributed by atoms with E-state index in [0.717, 1.165) is 29.5 Å². The lowest BCUT2D eigenvalue weighted by atomic mass is 9.80. The molecule has 0 N–H and O–H groups in total. The van der Waals surface area contributed by atoms with Crippen molar-refractivity contribution in [1.82, 2.24) is 0 Å². The Hall–Kier alpha value is -2.22. The number of carbonyl (C=O) groups excluding carboxylic acids is 2. The van der Waals surface area contributed by atoms with Crippen LogP contribution in [0.3, 0.4) is 0 Å². The molecule has 23 heavy (non-hydrogen) atoms. The smallest absolute Gasteiger partial charge is 0.163 e. The average Bonchev–Trinajstić information content (AvgIpc) is 2.99. The number of hydrogen-bond acceptors (Lipinski definition) is 2. The lowest BCUT2D eigenvalue weighted by Gasteiger charge is -2.22. The first kappa shape index (κ1) is 15.7. The highest BCUT2D eigenvalue weighted by Gasteiger charge is 2.34. The van der Waals surface area contributed by atoms with E-state index in [1.165, 1.54) is 0 Å². The quantitative estimate of drug-likeness (QED) is 0.749. The van der Waals surface area contributed by atoms with Gasteiger partial charge in [-0.25, -0.2) is 0 Å². The van der Waals surface area contributed by atoms with Crippen molar-refractivity contribution in [3.63, 3.8) is 0 Å². The van der Waals surface area contributed by atoms with Gasteiger partial charge in [-0.3, -0.25) is 9.59 Å². The van der Waals surface area contributed by atoms with Crippen LogP contribution in [0.4, 0.5) is 0 Å². The van der Waals surface area contributed by atoms with E-state index >= 15 is 0 Å². The number of Topliss-reactive ketones (excluding diaryl/α,β-unsaturated/α-hetero) is 2. The van der Waals surface area contributed by atoms with Gasteiger partial charge in [0.2, 0.25) is 0 Å². The van der Waals surface area contributed by atoms with Crippen LogP contribution in [-0.4, -0.2) is 11.6 Å². The Morgan fingerprint density at radius 3 is 2.39 bits per heavy atom. The molecular formula is C21H22O2. The Morgan fingerprint density at radius 1 is 1.09 bits per heavy atom. The van der Waals surface area contributed by atoms with Crippen LogP contribution in [0, 0.1) is 12.8 Å². The second-order valence-electron chi connectivity index (χ2n) is 6.48. The van der Waals surface area contributed by atoms with Crippen molar-refractivity contribution >= 4 is 11.6 Å². The maximum Gasteiger partial charge on any atom is 0.163 e. The standard InChI is InChI=1S/C21H22O2/c1-15-10-12-17(13-11-15)21(23)14-19(16-6-3-2-4-7-16)18-8-5-9-20(18)22/h2-4,6-7,10-13,18-19H,5,8-9,14H2,1H3/t18?,19-/m1/s1. The maximum atomic E-state index is 12.7. The zero-order valence-electron chi connectivity index (χ0n) is 13.5. The Morgan fingerprint density at radius 2 is 1.78 bits per heavy atom. The Kier molecular flexibility index (Phi) is 4.71. The molecule has 0 bridgehead atoms. The molecule has 1 fully saturated rings. The summed E-state index contributed by atoms with van der Waals surface area (Å²) in [5.74, 6) is 0.431. The fourth-order valence-corrected chi connectivity index (χ4v) is 3.52. The Labute approximate surface area is 137 Å². The molecule has 2 atom stereocenters. The summed E-state index contributed by atoms with van der Waals surface area (Å²) in [4.78, 5) is 24.9. The average molecular weight is 306 g/mol. The molecule has 2 nitrogen and oxygen atoms in total. The van der Waals surface area contributed by atoms with Crippen molar-refractivity contribution in [2.75, 3.05) is 0 Å². The van der Waals surface area contributed by atoms with Crippen molar-refractivity contribution in [2.24, 2.45) is 5.92 Å². The molecule has 1 aliphatic carbocycles. The van der Waals surface area contributed by atoms with Crippen LogP contribution >= 0.6 is 0 Å². The normalized spacial score (nSPS) is 18.8. The second kappa shape index (κ2) is 6.91. The third-order valence-electron chi connectivity index (χ3n) is 4.84. The van der Waals surface area contributed by atoms with E-state index in [1.807, 2.05) is 61.5 Å². The van der Waals surface area contributed by atoms with Crippen LogP contribution in [0.5, 0.6) is 0 Å². The molecule has 0 heterocycles. The Balaban J connectivity index is 1.85. The molecule has 0 spiro atoms. The lowest BCUT2D eigenvalue weighted by molar-refractivity contribution is -0.121. The third kappa shape index (κ3) is 3.58. The summed E-state index contributed by atoms with van der Waals surface area (Å²) < 4.78 is 0. The minimum absolute atomic E-state index is 0.00000283. The molecular weight excluding hydrogens is 284 g/mol. The molecule has 0 saturated heterocycles. The van der Waals surface area contributed by atoms with Crippen LogP contribution in [-0.2, 0) is 4.79 Å². The summed E-state index contributed by atoms with van der Waals surface area (Å²) >= 11 is 0. The van der Waals surface area contributed by atoms with Crippen molar-refractivity contribution in [3.8, 4) is 0 Å². The Bertz CT molecular complexity index is 686. The van der Waals surface area contributed by atoms with Gasteiger partial charge in [0.1, 0.15) is 5.78 Å². The van der Waals surface area contributed by atoms with Gasteiger partial charge < -0.3 is 0 Å². The SMILES string of the molecule is Cc1ccc(C(=O)C[C@H](c2ccccc2)C2CCCC2=O)cc1. The largest absolute Gasteiger partial charge is 0.299 e. The lowest BCUT2D eigenvalue weighted by Crippen LogP contribution is -2.20. The fraction of sp³-hybridized carbons (Fsp3) is 0.333. The van der Waals surface area contributed by atoms with Crippen LogP contribution in [0.1, 0.15) is 53.1 Å². The molecule has 0 amide bonds. The van der Waals surface area contributed by atoms with Gasteiger partial charge in [0.25, 0.3) is 0 Å². The molecule has 2 aromatic rings. The van der Waals surface area contributed by atoms with Crippen molar-refractivity contribution in [1.29, 1.82) is 0 Å². The number of hydrogen-bond donors (Lipinski definition) is 0. The van der Waals surface area contributed by atoms with E-state index in [2.05, 4.69) is 0 Å². The highest BCUT2D eigenvalue weighted by atomic mass is 16.1. The van der Waals surface area contributed by atoms with Gasteiger partial charge in [0.05, 0.1) is 0 Å². The summed E-state index contributed by atoms with van der Waals surface area (Å²) in [5.41, 5.74) is 2.99. The second-order valence-corrected chi connectivity index (χ2v) is 6.48. The van der Waals surface area contributed by atoms with Crippen LogP contribution in [0.25, 0.3) is 0 Å². The van der Waals surface area contributed by atoms with Gasteiger partial charge in [-0.2, -0.15) is 0 Å². The summed E-state index contributed by atoms with van der Waals surface area (Å²) in [5, 5.41) is 0. The molecule has 1 saturated carbocycles. The third-order valence-corrected chi connectivity index (χ3v) is 4.84. The van der Waals surface area contributed by atoms with Gasteiger partial charge in [-0.05, 0) is 25.3 Å². The molecule has 0 radical (unpaired) electrons. The molecule has 3 rings (SSSR count). The number of aryl methyl sites for hydroxylation is 1. The van der Waals surface area contributed by atoms with E-state index in [1.54, 1.807) is 0 Å². The number of carbonyl (C=O) groups is 2. The van der Waals surface area contributed by atoms with Gasteiger partial charge in [-0.15, -0.1) is 0 Å². The van der Waals surface area contributed by atoms with E-state index in [0.29, 0.717) is 18.6 Å². The van der Waals surface area contributed by atoms with E-state index in [9.17, 15) is 9.59 Å². The van der Waals surface area contributed by atoms with Crippen LogP contribution in [0.15, 0.2) is 54.6 Å². The summed E-state index contributed by atoms with van der Waals surface area (Å²) in [6, 6.07) is 17.7. The van der Waals surface area contributed by atoms with Crippen LogP contribution in [0.2, 0.25) is 0 Å². The van der Waals surface area contributed by atoms with Gasteiger partial charge in [-0.1, -0.05) is 60.2 Å². The predicted molar refractivity (Wildman–Crippen MR) is 91.7 cm³/mol. The van der Waals surface area contributed by atoms with Gasteiger partial charge in [0.15, 0.2) is 5.78 Å². The first-order valence-corrected chi connectivity index (χ1v) is 8.32. The molecule has 0 aliphatic heterocycles. The first-order valence-electron chi connectivity index (χ1n) is 8.32.